The molecule has 5 aromatic rings. The van der Waals surface area contributed by atoms with Crippen LogP contribution in [0.3, 0.4) is 0 Å². The second kappa shape index (κ2) is 17.0. The number of Topliss-reactive ketones (excluding diaryl/α,β-unsaturated/α-hetero) is 1. The lowest BCUT2D eigenvalue weighted by Crippen LogP contribution is -2.15. The predicted molar refractivity (Wildman–Crippen MR) is 192 cm³/mol. The number of benzene rings is 2. The van der Waals surface area contributed by atoms with E-state index < -0.39 is 0 Å². The first-order valence-corrected chi connectivity index (χ1v) is 16.6. The summed E-state index contributed by atoms with van der Waals surface area (Å²) in [5.74, 6) is 2.52. The highest BCUT2D eigenvalue weighted by Gasteiger charge is 2.26. The number of hydrogen-bond donors (Lipinski definition) is 1. The summed E-state index contributed by atoms with van der Waals surface area (Å²) in [7, 11) is 0. The molecule has 5 rings (SSSR count). The van der Waals surface area contributed by atoms with Crippen LogP contribution in [0.1, 0.15) is 75.1 Å². The molecule has 0 atom stereocenters. The Bertz CT molecular complexity index is 1740. The van der Waals surface area contributed by atoms with Crippen LogP contribution in [0.25, 0.3) is 22.5 Å². The summed E-state index contributed by atoms with van der Waals surface area (Å²) in [6, 6.07) is 21.8. The number of rotatable bonds is 11. The number of halogens is 2. The van der Waals surface area contributed by atoms with Gasteiger partial charge in [0.1, 0.15) is 5.82 Å². The molecule has 244 valence electrons. The van der Waals surface area contributed by atoms with Gasteiger partial charge in [-0.3, -0.25) is 14.8 Å². The highest BCUT2D eigenvalue weighted by Crippen LogP contribution is 2.38. The van der Waals surface area contributed by atoms with E-state index in [1.165, 1.54) is 23.9 Å². The van der Waals surface area contributed by atoms with Gasteiger partial charge in [-0.2, -0.15) is 0 Å². The first-order valence-electron chi connectivity index (χ1n) is 15.8. The van der Waals surface area contributed by atoms with Crippen molar-refractivity contribution in [3.8, 4) is 22.5 Å². The Morgan fingerprint density at radius 2 is 1.26 bits per heavy atom. The summed E-state index contributed by atoms with van der Waals surface area (Å²) in [6.07, 6.45) is 9.01. The second-order valence-corrected chi connectivity index (χ2v) is 13.0. The van der Waals surface area contributed by atoms with Crippen LogP contribution in [0, 0.1) is 11.8 Å². The van der Waals surface area contributed by atoms with Crippen molar-refractivity contribution >= 4 is 34.7 Å². The average Bonchev–Trinajstić information content (AvgIpc) is 3.46. The molecule has 0 spiro atoms. The molecule has 1 N–H and O–H groups in total. The number of imidazole rings is 1. The quantitative estimate of drug-likeness (QED) is 0.0653. The summed E-state index contributed by atoms with van der Waals surface area (Å²) in [6.45, 7) is 12.3. The number of pyridine rings is 2. The minimum Gasteiger partial charge on any atom is -0.410 e. The molecule has 0 aliphatic carbocycles. The van der Waals surface area contributed by atoms with Crippen LogP contribution >= 0.6 is 23.2 Å². The lowest BCUT2D eigenvalue weighted by atomic mass is 9.88. The van der Waals surface area contributed by atoms with Gasteiger partial charge >= 0.3 is 0 Å². The normalized spacial score (nSPS) is 11.6. The minimum absolute atomic E-state index is 0.0280. The van der Waals surface area contributed by atoms with E-state index in [0.29, 0.717) is 33.9 Å². The number of aromatic nitrogens is 4. The zero-order valence-electron chi connectivity index (χ0n) is 27.4. The molecule has 9 heteroatoms. The lowest BCUT2D eigenvalue weighted by molar-refractivity contribution is 0.106. The van der Waals surface area contributed by atoms with Crippen molar-refractivity contribution in [3.63, 3.8) is 0 Å². The molecule has 0 saturated heterocycles. The molecule has 47 heavy (non-hydrogen) atoms. The van der Waals surface area contributed by atoms with E-state index in [4.69, 9.17) is 33.4 Å². The molecule has 3 heterocycles. The molecule has 0 aliphatic rings. The number of ketones is 1. The highest BCUT2D eigenvalue weighted by atomic mass is 35.5. The van der Waals surface area contributed by atoms with E-state index in [-0.39, 0.29) is 11.5 Å². The van der Waals surface area contributed by atoms with Gasteiger partial charge in [-0.05, 0) is 92.3 Å². The van der Waals surface area contributed by atoms with Crippen LogP contribution < -0.4 is 0 Å². The van der Waals surface area contributed by atoms with Crippen molar-refractivity contribution in [1.29, 1.82) is 0 Å². The van der Waals surface area contributed by atoms with E-state index in [1.54, 1.807) is 36.4 Å². The fraction of sp³-hybridized carbons (Fsp3) is 0.289. The summed E-state index contributed by atoms with van der Waals surface area (Å²) in [5.41, 5.74) is 5.34. The second-order valence-electron chi connectivity index (χ2n) is 12.1. The van der Waals surface area contributed by atoms with E-state index in [0.717, 1.165) is 41.2 Å². The van der Waals surface area contributed by atoms with Gasteiger partial charge in [0, 0.05) is 69.5 Å². The fourth-order valence-corrected chi connectivity index (χ4v) is 5.89. The Kier molecular flexibility index (Phi) is 12.9. The van der Waals surface area contributed by atoms with Gasteiger partial charge in [-0.25, -0.2) is 4.98 Å². The Morgan fingerprint density at radius 3 is 1.74 bits per heavy atom. The van der Waals surface area contributed by atoms with Crippen molar-refractivity contribution in [1.82, 2.24) is 19.5 Å². The molecule has 2 aromatic carbocycles. The zero-order valence-corrected chi connectivity index (χ0v) is 29.0. The van der Waals surface area contributed by atoms with Gasteiger partial charge in [0.15, 0.2) is 5.71 Å². The van der Waals surface area contributed by atoms with E-state index in [2.05, 4.69) is 66.4 Å². The Balaban J connectivity index is 0.000000238. The third kappa shape index (κ3) is 9.37. The molecular weight excluding hydrogens is 629 g/mol. The molecule has 0 saturated carbocycles. The molecule has 0 bridgehead atoms. The van der Waals surface area contributed by atoms with Crippen LogP contribution in [0.4, 0.5) is 0 Å². The van der Waals surface area contributed by atoms with Gasteiger partial charge in [-0.1, -0.05) is 68.2 Å². The van der Waals surface area contributed by atoms with E-state index in [9.17, 15) is 4.79 Å². The minimum atomic E-state index is -0.375. The molecule has 7 nitrogen and oxygen atoms in total. The number of hydrogen-bond acceptors (Lipinski definition) is 6. The average molecular weight is 671 g/mol. The maximum atomic E-state index is 12.1. The molecule has 0 aliphatic heterocycles. The lowest BCUT2D eigenvalue weighted by Gasteiger charge is -2.22. The topological polar surface area (TPSA) is 93.3 Å². The monoisotopic (exact) mass is 669 g/mol. The van der Waals surface area contributed by atoms with Gasteiger partial charge in [0.25, 0.3) is 0 Å². The molecule has 0 radical (unpaired) electrons. The number of carbonyl (C=O) groups is 1. The number of carbonyl (C=O) groups excluding carboxylic acids is 1. The third-order valence-electron chi connectivity index (χ3n) is 7.64. The molecule has 0 fully saturated rings. The maximum absolute atomic E-state index is 12.1. The largest absolute Gasteiger partial charge is 0.410 e. The van der Waals surface area contributed by atoms with E-state index >= 15 is 0 Å². The van der Waals surface area contributed by atoms with Crippen LogP contribution in [0.5, 0.6) is 0 Å². The Hall–Kier alpha value is -4.33. The summed E-state index contributed by atoms with van der Waals surface area (Å²) in [5, 5.41) is 13.3. The van der Waals surface area contributed by atoms with Crippen LogP contribution in [-0.2, 0) is 6.54 Å². The fourth-order valence-electron chi connectivity index (χ4n) is 5.64. The molecule has 0 amide bonds. The highest BCUT2D eigenvalue weighted by molar-refractivity contribution is 6.51. The van der Waals surface area contributed by atoms with E-state index in [1.807, 2.05) is 36.7 Å². The number of oxime groups is 1. The molecule has 0 unspecified atom stereocenters. The van der Waals surface area contributed by atoms with Crippen LogP contribution in [0.2, 0.25) is 10.0 Å². The zero-order chi connectivity index (χ0) is 33.9. The SMILES string of the molecule is CCn1c(C(CC(C)C)CC(C)C)nc(-c2ccncc2)c1-c1ccc(Cl)cc1.O=C(C(=NO)c1ccncc1)c1ccc(Cl)cc1. The Morgan fingerprint density at radius 1 is 0.745 bits per heavy atom. The van der Waals surface area contributed by atoms with Crippen molar-refractivity contribution in [2.24, 2.45) is 17.0 Å². The van der Waals surface area contributed by atoms with Crippen LogP contribution in [-0.4, -0.2) is 36.2 Å². The van der Waals surface area contributed by atoms with Gasteiger partial charge < -0.3 is 9.77 Å². The molecular formula is C38H41Cl2N5O2. The van der Waals surface area contributed by atoms with Crippen molar-refractivity contribution < 1.29 is 10.0 Å². The first kappa shape index (κ1) is 35.5. The van der Waals surface area contributed by atoms with Crippen molar-refractivity contribution in [2.45, 2.75) is 59.9 Å². The first-order chi connectivity index (χ1) is 22.6. The standard InChI is InChI=1S/C25H32ClN3.C13H9ClN2O2/c1-6-29-24(20-7-9-22(26)10-8-20)23(19-11-13-27-14-12-19)28-25(29)21(15-17(2)3)16-18(4)5;14-11-3-1-10(2-4-11)13(17)12(16-18)9-5-7-15-8-6-9/h7-14,17-18,21H,6,15-16H2,1-5H3;1-8,18H. The summed E-state index contributed by atoms with van der Waals surface area (Å²) in [4.78, 5) is 25.4. The predicted octanol–water partition coefficient (Wildman–Crippen LogP) is 10.3. The molecule has 3 aromatic heterocycles. The summed E-state index contributed by atoms with van der Waals surface area (Å²) >= 11 is 11.9. The smallest absolute Gasteiger partial charge is 0.215 e. The van der Waals surface area contributed by atoms with Gasteiger partial charge in [0.05, 0.1) is 11.4 Å². The van der Waals surface area contributed by atoms with Crippen molar-refractivity contribution in [3.05, 3.63) is 125 Å². The summed E-state index contributed by atoms with van der Waals surface area (Å²) < 4.78 is 2.41. The van der Waals surface area contributed by atoms with Gasteiger partial charge in [0.2, 0.25) is 5.78 Å². The number of nitrogens with zero attached hydrogens (tertiary/aromatic N) is 5. The maximum Gasteiger partial charge on any atom is 0.215 e. The van der Waals surface area contributed by atoms with Crippen molar-refractivity contribution in [2.75, 3.05) is 0 Å². The Labute approximate surface area is 287 Å². The third-order valence-corrected chi connectivity index (χ3v) is 8.14. The van der Waals surface area contributed by atoms with Crippen LogP contribution in [0.15, 0.2) is 103 Å². The van der Waals surface area contributed by atoms with Gasteiger partial charge in [-0.15, -0.1) is 0 Å².